The van der Waals surface area contributed by atoms with Crippen LogP contribution >= 0.6 is 0 Å². The Kier molecular flexibility index (Phi) is 6.94. The molecule has 2 heterocycles. The van der Waals surface area contributed by atoms with Crippen molar-refractivity contribution < 1.29 is 19.2 Å². The summed E-state index contributed by atoms with van der Waals surface area (Å²) in [5.41, 5.74) is 2.44. The highest BCUT2D eigenvalue weighted by atomic mass is 16.2. The van der Waals surface area contributed by atoms with Gasteiger partial charge in [-0.2, -0.15) is 5.01 Å². The van der Waals surface area contributed by atoms with Crippen LogP contribution in [-0.2, 0) is 20.8 Å². The maximum absolute atomic E-state index is 12.9. The van der Waals surface area contributed by atoms with Gasteiger partial charge in [-0.05, 0) is 44.7 Å². The van der Waals surface area contributed by atoms with E-state index in [1.54, 1.807) is 25.9 Å². The minimum Gasteiger partial charge on any atom is -0.349 e. The van der Waals surface area contributed by atoms with Crippen LogP contribution in [0.1, 0.15) is 31.7 Å². The van der Waals surface area contributed by atoms with Gasteiger partial charge in [0.1, 0.15) is 5.54 Å². The zero-order valence-electron chi connectivity index (χ0n) is 18.4. The number of amides is 5. The maximum Gasteiger partial charge on any atom is 0.344 e. The van der Waals surface area contributed by atoms with Crippen molar-refractivity contribution in [1.29, 1.82) is 0 Å². The Morgan fingerprint density at radius 2 is 1.94 bits per heavy atom. The molecule has 2 aliphatic heterocycles. The summed E-state index contributed by atoms with van der Waals surface area (Å²) < 4.78 is 0. The number of likely N-dealkylation sites (tertiary alicyclic amines) is 1. The number of urea groups is 1. The van der Waals surface area contributed by atoms with Gasteiger partial charge in [-0.15, -0.1) is 0 Å². The third-order valence-electron chi connectivity index (χ3n) is 5.92. The molecule has 2 aliphatic rings. The first-order valence-corrected chi connectivity index (χ1v) is 10.6. The van der Waals surface area contributed by atoms with E-state index in [0.717, 1.165) is 23.4 Å². The van der Waals surface area contributed by atoms with E-state index in [4.69, 9.17) is 0 Å². The summed E-state index contributed by atoms with van der Waals surface area (Å²) in [4.78, 5) is 53.5. The summed E-state index contributed by atoms with van der Waals surface area (Å²) in [5, 5.41) is 3.48. The van der Waals surface area contributed by atoms with Crippen LogP contribution in [0, 0.1) is 5.92 Å². The van der Waals surface area contributed by atoms with Gasteiger partial charge in [0.15, 0.2) is 0 Å². The minimum absolute atomic E-state index is 0.0228. The predicted octanol–water partition coefficient (Wildman–Crippen LogP) is 0.761. The molecule has 9 nitrogen and oxygen atoms in total. The van der Waals surface area contributed by atoms with Crippen molar-refractivity contribution in [3.8, 4) is 0 Å². The molecule has 0 aliphatic carbocycles. The molecule has 2 N–H and O–H groups in total. The van der Waals surface area contributed by atoms with Gasteiger partial charge in [0, 0.05) is 20.6 Å². The SMILES string of the molecule is CN(C)C(=O)C1CCCN(CC(=O)NN2C(=O)NC(C)(CCc3ccccc3)C2=O)C1. The Bertz CT molecular complexity index is 844. The summed E-state index contributed by atoms with van der Waals surface area (Å²) in [6.07, 6.45) is 2.66. The first-order valence-electron chi connectivity index (χ1n) is 10.6. The standard InChI is InChI=1S/C22H31N5O4/c1-22(12-11-16-8-5-4-6-9-16)20(30)27(21(31)23-22)24-18(28)15-26-13-7-10-17(14-26)19(29)25(2)3/h4-6,8-9,17H,7,10-15H2,1-3H3,(H,23,31)(H,24,28). The first kappa shape index (κ1) is 22.7. The Hall–Kier alpha value is -2.94. The molecule has 3 rings (SSSR count). The lowest BCUT2D eigenvalue weighted by atomic mass is 9.93. The van der Waals surface area contributed by atoms with Crippen LogP contribution < -0.4 is 10.7 Å². The number of imide groups is 1. The van der Waals surface area contributed by atoms with Gasteiger partial charge in [0.25, 0.3) is 11.8 Å². The number of piperidine rings is 1. The van der Waals surface area contributed by atoms with E-state index in [-0.39, 0.29) is 18.4 Å². The molecule has 2 unspecified atom stereocenters. The van der Waals surface area contributed by atoms with Crippen LogP contribution in [0.3, 0.4) is 0 Å². The van der Waals surface area contributed by atoms with Crippen molar-refractivity contribution in [3.05, 3.63) is 35.9 Å². The second-order valence-corrected chi connectivity index (χ2v) is 8.73. The van der Waals surface area contributed by atoms with E-state index in [1.807, 2.05) is 35.2 Å². The molecule has 0 aromatic heterocycles. The smallest absolute Gasteiger partial charge is 0.344 e. The average molecular weight is 430 g/mol. The maximum atomic E-state index is 12.9. The number of rotatable bonds is 7. The van der Waals surface area contributed by atoms with Crippen molar-refractivity contribution in [2.75, 3.05) is 33.7 Å². The van der Waals surface area contributed by atoms with Crippen LogP contribution in [0.25, 0.3) is 0 Å². The van der Waals surface area contributed by atoms with Gasteiger partial charge in [0.05, 0.1) is 12.5 Å². The van der Waals surface area contributed by atoms with E-state index >= 15 is 0 Å². The molecule has 0 bridgehead atoms. The molecular formula is C22H31N5O4. The third kappa shape index (κ3) is 5.41. The first-order chi connectivity index (χ1) is 14.7. The zero-order chi connectivity index (χ0) is 22.6. The lowest BCUT2D eigenvalue weighted by molar-refractivity contribution is -0.140. The summed E-state index contributed by atoms with van der Waals surface area (Å²) in [7, 11) is 3.45. The van der Waals surface area contributed by atoms with Crippen molar-refractivity contribution in [2.24, 2.45) is 5.92 Å². The molecule has 1 aromatic rings. The highest BCUT2D eigenvalue weighted by Crippen LogP contribution is 2.22. The molecule has 168 valence electrons. The lowest BCUT2D eigenvalue weighted by Crippen LogP contribution is -2.52. The third-order valence-corrected chi connectivity index (χ3v) is 5.92. The highest BCUT2D eigenvalue weighted by Gasteiger charge is 2.48. The number of hydrazine groups is 1. The van der Waals surface area contributed by atoms with E-state index in [1.165, 1.54) is 0 Å². The summed E-state index contributed by atoms with van der Waals surface area (Å²) >= 11 is 0. The largest absolute Gasteiger partial charge is 0.349 e. The summed E-state index contributed by atoms with van der Waals surface area (Å²) in [5.74, 6) is -1.02. The van der Waals surface area contributed by atoms with Gasteiger partial charge in [0.2, 0.25) is 5.91 Å². The number of hydrogen-bond acceptors (Lipinski definition) is 5. The molecule has 0 spiro atoms. The fourth-order valence-corrected chi connectivity index (χ4v) is 4.12. The minimum atomic E-state index is -1.07. The Morgan fingerprint density at radius 1 is 1.23 bits per heavy atom. The number of carbonyl (C=O) groups is 4. The van der Waals surface area contributed by atoms with Gasteiger partial charge in [-0.3, -0.25) is 24.7 Å². The van der Waals surface area contributed by atoms with Gasteiger partial charge < -0.3 is 10.2 Å². The van der Waals surface area contributed by atoms with Crippen molar-refractivity contribution in [2.45, 2.75) is 38.1 Å². The summed E-state index contributed by atoms with van der Waals surface area (Å²) in [6.45, 7) is 2.87. The molecule has 1 aromatic carbocycles. The Labute approximate surface area is 182 Å². The zero-order valence-corrected chi connectivity index (χ0v) is 18.4. The van der Waals surface area contributed by atoms with E-state index in [2.05, 4.69) is 10.7 Å². The van der Waals surface area contributed by atoms with Crippen LogP contribution in [-0.4, -0.2) is 77.8 Å². The van der Waals surface area contributed by atoms with Crippen molar-refractivity contribution in [1.82, 2.24) is 25.6 Å². The van der Waals surface area contributed by atoms with E-state index < -0.39 is 23.4 Å². The number of aryl methyl sites for hydroxylation is 1. The molecule has 0 radical (unpaired) electrons. The normalized spacial score (nSPS) is 24.1. The lowest BCUT2D eigenvalue weighted by Gasteiger charge is -2.32. The number of nitrogens with one attached hydrogen (secondary N) is 2. The van der Waals surface area contributed by atoms with Crippen molar-refractivity contribution in [3.63, 3.8) is 0 Å². The molecular weight excluding hydrogens is 398 g/mol. The Balaban J connectivity index is 1.54. The Morgan fingerprint density at radius 3 is 2.61 bits per heavy atom. The second-order valence-electron chi connectivity index (χ2n) is 8.73. The molecule has 9 heteroatoms. The summed E-state index contributed by atoms with van der Waals surface area (Å²) in [6, 6.07) is 9.08. The molecule has 2 atom stereocenters. The van der Waals surface area contributed by atoms with Gasteiger partial charge >= 0.3 is 6.03 Å². The number of benzene rings is 1. The van der Waals surface area contributed by atoms with Gasteiger partial charge in [-0.25, -0.2) is 4.79 Å². The average Bonchev–Trinajstić information content (AvgIpc) is 2.96. The number of nitrogens with zero attached hydrogens (tertiary/aromatic N) is 3. The molecule has 5 amide bonds. The number of carbonyl (C=O) groups excluding carboxylic acids is 4. The molecule has 0 saturated carbocycles. The number of hydrogen-bond donors (Lipinski definition) is 2. The predicted molar refractivity (Wildman–Crippen MR) is 115 cm³/mol. The molecule has 2 fully saturated rings. The van der Waals surface area contributed by atoms with Crippen LogP contribution in [0.4, 0.5) is 4.79 Å². The van der Waals surface area contributed by atoms with E-state index in [9.17, 15) is 19.2 Å². The molecule has 31 heavy (non-hydrogen) atoms. The van der Waals surface area contributed by atoms with Crippen LogP contribution in [0.2, 0.25) is 0 Å². The van der Waals surface area contributed by atoms with Crippen LogP contribution in [0.15, 0.2) is 30.3 Å². The molecule has 2 saturated heterocycles. The fourth-order valence-electron chi connectivity index (χ4n) is 4.12. The van der Waals surface area contributed by atoms with E-state index in [0.29, 0.717) is 25.9 Å². The van der Waals surface area contributed by atoms with Gasteiger partial charge in [-0.1, -0.05) is 30.3 Å². The van der Waals surface area contributed by atoms with Crippen molar-refractivity contribution >= 4 is 23.8 Å². The fraction of sp³-hybridized carbons (Fsp3) is 0.545. The topological polar surface area (TPSA) is 102 Å². The second kappa shape index (κ2) is 9.47. The highest BCUT2D eigenvalue weighted by molar-refractivity contribution is 6.07. The monoisotopic (exact) mass is 429 g/mol. The quantitative estimate of drug-likeness (QED) is 0.623. The van der Waals surface area contributed by atoms with Crippen LogP contribution in [0.5, 0.6) is 0 Å².